The van der Waals surface area contributed by atoms with Gasteiger partial charge in [-0.2, -0.15) is 0 Å². The molecule has 2 N–H and O–H groups in total. The lowest BCUT2D eigenvalue weighted by atomic mass is 9.66. The minimum absolute atomic E-state index is 0.157. The molecular weight excluding hydrogens is 213 g/mol. The second-order valence-corrected chi connectivity index (χ2v) is 6.36. The molecule has 0 aliphatic heterocycles. The van der Waals surface area contributed by atoms with Crippen LogP contribution in [0.15, 0.2) is 24.3 Å². The van der Waals surface area contributed by atoms with E-state index in [4.69, 9.17) is 5.73 Å². The van der Waals surface area contributed by atoms with Crippen LogP contribution in [-0.2, 0) is 6.42 Å². The molecular formula is C15H22FN. The molecule has 1 aromatic rings. The largest absolute Gasteiger partial charge is 0.325 e. The van der Waals surface area contributed by atoms with E-state index in [2.05, 4.69) is 13.8 Å². The van der Waals surface area contributed by atoms with Crippen molar-refractivity contribution in [2.75, 3.05) is 0 Å². The van der Waals surface area contributed by atoms with E-state index in [0.29, 0.717) is 5.41 Å². The first-order valence-corrected chi connectivity index (χ1v) is 6.42. The van der Waals surface area contributed by atoms with Crippen molar-refractivity contribution in [2.24, 2.45) is 11.1 Å². The molecule has 1 aliphatic carbocycles. The molecule has 1 fully saturated rings. The van der Waals surface area contributed by atoms with E-state index in [0.717, 1.165) is 24.8 Å². The highest BCUT2D eigenvalue weighted by atomic mass is 19.1. The standard InChI is InChI=1S/C15H22FN/c1-14(2)7-4-8-15(17,11-14)10-12-5-3-6-13(16)9-12/h3,5-6,9H,4,7-8,10-11,17H2,1-2H3. The zero-order chi connectivity index (χ0) is 12.5. The molecule has 17 heavy (non-hydrogen) atoms. The number of halogens is 1. The third kappa shape index (κ3) is 3.29. The van der Waals surface area contributed by atoms with Crippen LogP contribution >= 0.6 is 0 Å². The monoisotopic (exact) mass is 235 g/mol. The summed E-state index contributed by atoms with van der Waals surface area (Å²) in [6, 6.07) is 6.83. The van der Waals surface area contributed by atoms with Gasteiger partial charge in [-0.05, 0) is 48.8 Å². The van der Waals surface area contributed by atoms with Gasteiger partial charge in [0.05, 0.1) is 0 Å². The Kier molecular flexibility index (Phi) is 3.26. The average molecular weight is 235 g/mol. The van der Waals surface area contributed by atoms with Gasteiger partial charge in [0.25, 0.3) is 0 Å². The molecule has 1 saturated carbocycles. The molecule has 0 bridgehead atoms. The first-order valence-electron chi connectivity index (χ1n) is 6.42. The van der Waals surface area contributed by atoms with Gasteiger partial charge >= 0.3 is 0 Å². The molecule has 1 unspecified atom stereocenters. The summed E-state index contributed by atoms with van der Waals surface area (Å²) in [6.45, 7) is 4.55. The Labute approximate surface area is 103 Å². The maximum absolute atomic E-state index is 13.2. The van der Waals surface area contributed by atoms with E-state index in [-0.39, 0.29) is 11.4 Å². The molecule has 1 aromatic carbocycles. The second kappa shape index (κ2) is 4.41. The van der Waals surface area contributed by atoms with Crippen LogP contribution in [-0.4, -0.2) is 5.54 Å². The lowest BCUT2D eigenvalue weighted by Crippen LogP contribution is -2.48. The predicted molar refractivity (Wildman–Crippen MR) is 69.3 cm³/mol. The van der Waals surface area contributed by atoms with E-state index in [1.807, 2.05) is 6.07 Å². The highest BCUT2D eigenvalue weighted by molar-refractivity contribution is 5.19. The van der Waals surface area contributed by atoms with Gasteiger partial charge < -0.3 is 5.73 Å². The molecule has 94 valence electrons. The molecule has 0 radical (unpaired) electrons. The van der Waals surface area contributed by atoms with Gasteiger partial charge in [-0.1, -0.05) is 32.4 Å². The van der Waals surface area contributed by atoms with Crippen molar-refractivity contribution in [3.05, 3.63) is 35.6 Å². The smallest absolute Gasteiger partial charge is 0.123 e. The minimum atomic E-state index is -0.166. The fourth-order valence-corrected chi connectivity index (χ4v) is 3.25. The van der Waals surface area contributed by atoms with Crippen molar-refractivity contribution in [2.45, 2.75) is 51.5 Å². The van der Waals surface area contributed by atoms with Crippen molar-refractivity contribution in [3.8, 4) is 0 Å². The van der Waals surface area contributed by atoms with E-state index >= 15 is 0 Å². The molecule has 0 amide bonds. The Morgan fingerprint density at radius 2 is 2.06 bits per heavy atom. The van der Waals surface area contributed by atoms with Crippen LogP contribution in [0.4, 0.5) is 4.39 Å². The first kappa shape index (κ1) is 12.6. The molecule has 0 aromatic heterocycles. The Balaban J connectivity index is 2.12. The summed E-state index contributed by atoms with van der Waals surface area (Å²) in [5.74, 6) is -0.166. The molecule has 1 atom stereocenters. The summed E-state index contributed by atoms with van der Waals surface area (Å²) in [5, 5.41) is 0. The van der Waals surface area contributed by atoms with E-state index in [9.17, 15) is 4.39 Å². The number of hydrogen-bond donors (Lipinski definition) is 1. The summed E-state index contributed by atoms with van der Waals surface area (Å²) < 4.78 is 13.2. The lowest BCUT2D eigenvalue weighted by Gasteiger charge is -2.42. The number of nitrogens with two attached hydrogens (primary N) is 1. The lowest BCUT2D eigenvalue weighted by molar-refractivity contribution is 0.151. The molecule has 1 aliphatic rings. The average Bonchev–Trinajstić information content (AvgIpc) is 2.14. The van der Waals surface area contributed by atoms with Crippen LogP contribution in [0.1, 0.15) is 45.1 Å². The van der Waals surface area contributed by atoms with E-state index in [1.54, 1.807) is 12.1 Å². The maximum Gasteiger partial charge on any atom is 0.123 e. The molecule has 1 nitrogen and oxygen atoms in total. The zero-order valence-electron chi connectivity index (χ0n) is 10.8. The Hall–Kier alpha value is -0.890. The van der Waals surface area contributed by atoms with Crippen molar-refractivity contribution >= 4 is 0 Å². The highest BCUT2D eigenvalue weighted by Gasteiger charge is 2.36. The molecule has 2 heteroatoms. The Morgan fingerprint density at radius 1 is 1.29 bits per heavy atom. The van der Waals surface area contributed by atoms with Crippen molar-refractivity contribution in [1.82, 2.24) is 0 Å². The SMILES string of the molecule is CC1(C)CCCC(N)(Cc2cccc(F)c2)C1. The maximum atomic E-state index is 13.2. The van der Waals surface area contributed by atoms with Crippen LogP contribution in [0.5, 0.6) is 0 Å². The number of hydrogen-bond acceptors (Lipinski definition) is 1. The van der Waals surface area contributed by atoms with E-state index in [1.165, 1.54) is 18.9 Å². The van der Waals surface area contributed by atoms with Crippen LogP contribution in [0.25, 0.3) is 0 Å². The van der Waals surface area contributed by atoms with Gasteiger partial charge in [-0.25, -0.2) is 4.39 Å². The summed E-state index contributed by atoms with van der Waals surface area (Å²) in [4.78, 5) is 0. The van der Waals surface area contributed by atoms with Crippen molar-refractivity contribution in [1.29, 1.82) is 0 Å². The zero-order valence-corrected chi connectivity index (χ0v) is 10.8. The minimum Gasteiger partial charge on any atom is -0.325 e. The van der Waals surface area contributed by atoms with Crippen LogP contribution in [0.2, 0.25) is 0 Å². The van der Waals surface area contributed by atoms with E-state index < -0.39 is 0 Å². The van der Waals surface area contributed by atoms with Crippen molar-refractivity contribution in [3.63, 3.8) is 0 Å². The fourth-order valence-electron chi connectivity index (χ4n) is 3.25. The third-order valence-electron chi connectivity index (χ3n) is 3.80. The number of benzene rings is 1. The second-order valence-electron chi connectivity index (χ2n) is 6.36. The molecule has 2 rings (SSSR count). The van der Waals surface area contributed by atoms with Crippen LogP contribution < -0.4 is 5.73 Å². The van der Waals surface area contributed by atoms with Crippen molar-refractivity contribution < 1.29 is 4.39 Å². The Bertz CT molecular complexity index is 400. The summed E-state index contributed by atoms with van der Waals surface area (Å²) in [7, 11) is 0. The Morgan fingerprint density at radius 3 is 2.71 bits per heavy atom. The molecule has 0 spiro atoms. The third-order valence-corrected chi connectivity index (χ3v) is 3.80. The van der Waals surface area contributed by atoms with Gasteiger partial charge in [0.1, 0.15) is 5.82 Å². The first-order chi connectivity index (χ1) is 7.89. The quantitative estimate of drug-likeness (QED) is 0.831. The molecule has 0 saturated heterocycles. The van der Waals surface area contributed by atoms with Gasteiger partial charge in [0.15, 0.2) is 0 Å². The van der Waals surface area contributed by atoms with Crippen LogP contribution in [0.3, 0.4) is 0 Å². The van der Waals surface area contributed by atoms with Gasteiger partial charge in [-0.3, -0.25) is 0 Å². The van der Waals surface area contributed by atoms with Gasteiger partial charge in [0, 0.05) is 5.54 Å². The van der Waals surface area contributed by atoms with Gasteiger partial charge in [0.2, 0.25) is 0 Å². The summed E-state index contributed by atoms with van der Waals surface area (Å²) in [6.07, 6.45) is 5.28. The summed E-state index contributed by atoms with van der Waals surface area (Å²) in [5.41, 5.74) is 7.68. The number of rotatable bonds is 2. The highest BCUT2D eigenvalue weighted by Crippen LogP contribution is 2.41. The topological polar surface area (TPSA) is 26.0 Å². The predicted octanol–water partition coefficient (Wildman–Crippen LogP) is 3.67. The summed E-state index contributed by atoms with van der Waals surface area (Å²) >= 11 is 0. The van der Waals surface area contributed by atoms with Gasteiger partial charge in [-0.15, -0.1) is 0 Å². The fraction of sp³-hybridized carbons (Fsp3) is 0.600. The molecule has 0 heterocycles. The van der Waals surface area contributed by atoms with Crippen LogP contribution in [0, 0.1) is 11.2 Å². The normalized spacial score (nSPS) is 28.0.